The van der Waals surface area contributed by atoms with Crippen LogP contribution in [0.4, 0.5) is 0 Å². The maximum Gasteiger partial charge on any atom is 0.310 e. The van der Waals surface area contributed by atoms with E-state index >= 15 is 0 Å². The molecule has 112 valence electrons. The van der Waals surface area contributed by atoms with Gasteiger partial charge < -0.3 is 14.4 Å². The molecule has 1 saturated heterocycles. The van der Waals surface area contributed by atoms with Crippen LogP contribution in [-0.4, -0.2) is 56.5 Å². The minimum absolute atomic E-state index is 0.0931. The molecule has 0 aliphatic carbocycles. The lowest BCUT2D eigenvalue weighted by Gasteiger charge is -2.29. The molecule has 0 aromatic carbocycles. The highest BCUT2D eigenvalue weighted by molar-refractivity contribution is 5.71. The SMILES string of the molecule is CCCN(Cc1nnc(C)n1C)C1COCC1C(=O)O. The lowest BCUT2D eigenvalue weighted by molar-refractivity contribution is -0.143. The van der Waals surface area contributed by atoms with Gasteiger partial charge >= 0.3 is 5.97 Å². The van der Waals surface area contributed by atoms with Crippen LogP contribution in [0.15, 0.2) is 0 Å². The number of aromatic nitrogens is 3. The molecule has 0 radical (unpaired) electrons. The third kappa shape index (κ3) is 2.99. The summed E-state index contributed by atoms with van der Waals surface area (Å²) >= 11 is 0. The fraction of sp³-hybridized carbons (Fsp3) is 0.769. The van der Waals surface area contributed by atoms with Gasteiger partial charge in [-0.15, -0.1) is 10.2 Å². The molecule has 1 fully saturated rings. The first-order chi connectivity index (χ1) is 9.54. The number of ether oxygens (including phenoxy) is 1. The number of rotatable bonds is 6. The van der Waals surface area contributed by atoms with Crippen molar-refractivity contribution in [1.29, 1.82) is 0 Å². The Bertz CT molecular complexity index is 474. The van der Waals surface area contributed by atoms with Gasteiger partial charge in [0.2, 0.25) is 0 Å². The molecule has 2 atom stereocenters. The molecule has 0 bridgehead atoms. The number of carboxylic acid groups (broad SMARTS) is 1. The van der Waals surface area contributed by atoms with Gasteiger partial charge in [-0.1, -0.05) is 6.92 Å². The number of nitrogens with zero attached hydrogens (tertiary/aromatic N) is 4. The fourth-order valence-corrected chi connectivity index (χ4v) is 2.56. The van der Waals surface area contributed by atoms with Crippen molar-refractivity contribution in [2.24, 2.45) is 13.0 Å². The number of hydrogen-bond donors (Lipinski definition) is 1. The third-order valence-electron chi connectivity index (χ3n) is 3.87. The van der Waals surface area contributed by atoms with E-state index in [1.807, 2.05) is 18.5 Å². The molecule has 7 nitrogen and oxygen atoms in total. The largest absolute Gasteiger partial charge is 0.481 e. The number of carboxylic acids is 1. The second-order valence-corrected chi connectivity index (χ2v) is 5.24. The van der Waals surface area contributed by atoms with Crippen molar-refractivity contribution in [1.82, 2.24) is 19.7 Å². The van der Waals surface area contributed by atoms with E-state index in [4.69, 9.17) is 4.74 Å². The Kier molecular flexibility index (Phi) is 4.72. The summed E-state index contributed by atoms with van der Waals surface area (Å²) in [5.74, 6) is 0.458. The highest BCUT2D eigenvalue weighted by atomic mass is 16.5. The van der Waals surface area contributed by atoms with Crippen LogP contribution in [0.3, 0.4) is 0 Å². The molecular weight excluding hydrogens is 260 g/mol. The lowest BCUT2D eigenvalue weighted by Crippen LogP contribution is -2.43. The molecule has 1 aliphatic rings. The van der Waals surface area contributed by atoms with E-state index in [0.29, 0.717) is 13.2 Å². The molecule has 2 rings (SSSR count). The van der Waals surface area contributed by atoms with E-state index in [1.54, 1.807) is 0 Å². The average molecular weight is 282 g/mol. The Morgan fingerprint density at radius 3 is 2.80 bits per heavy atom. The summed E-state index contributed by atoms with van der Waals surface area (Å²) in [4.78, 5) is 13.5. The molecule has 0 spiro atoms. The van der Waals surface area contributed by atoms with Crippen LogP contribution >= 0.6 is 0 Å². The van der Waals surface area contributed by atoms with Crippen LogP contribution in [-0.2, 0) is 23.1 Å². The number of hydrogen-bond acceptors (Lipinski definition) is 5. The smallest absolute Gasteiger partial charge is 0.310 e. The molecule has 20 heavy (non-hydrogen) atoms. The van der Waals surface area contributed by atoms with Crippen LogP contribution < -0.4 is 0 Å². The minimum Gasteiger partial charge on any atom is -0.481 e. The van der Waals surface area contributed by atoms with Crippen molar-refractivity contribution >= 4 is 5.97 Å². The number of aliphatic carboxylic acids is 1. The summed E-state index contributed by atoms with van der Waals surface area (Å²) < 4.78 is 7.30. The maximum absolute atomic E-state index is 11.3. The third-order valence-corrected chi connectivity index (χ3v) is 3.87. The summed E-state index contributed by atoms with van der Waals surface area (Å²) in [7, 11) is 1.93. The zero-order valence-corrected chi connectivity index (χ0v) is 12.2. The predicted octanol–water partition coefficient (Wildman–Crippen LogP) is 0.435. The molecule has 1 aromatic heterocycles. The molecule has 0 amide bonds. The Labute approximate surface area is 118 Å². The van der Waals surface area contributed by atoms with E-state index < -0.39 is 11.9 Å². The van der Waals surface area contributed by atoms with Crippen molar-refractivity contribution in [2.75, 3.05) is 19.8 Å². The predicted molar refractivity (Wildman–Crippen MR) is 72.2 cm³/mol. The van der Waals surface area contributed by atoms with Gasteiger partial charge in [-0.3, -0.25) is 9.69 Å². The standard InChI is InChI=1S/C13H22N4O3/c1-4-5-17(6-12-15-14-9(2)16(12)3)11-8-20-7-10(11)13(18)19/h10-11H,4-8H2,1-3H3,(H,18,19). The quantitative estimate of drug-likeness (QED) is 0.815. The van der Waals surface area contributed by atoms with Crippen molar-refractivity contribution in [3.63, 3.8) is 0 Å². The molecule has 1 aliphatic heterocycles. The van der Waals surface area contributed by atoms with E-state index in [0.717, 1.165) is 24.6 Å². The Balaban J connectivity index is 2.14. The van der Waals surface area contributed by atoms with E-state index in [-0.39, 0.29) is 12.6 Å². The van der Waals surface area contributed by atoms with E-state index in [2.05, 4.69) is 22.0 Å². The van der Waals surface area contributed by atoms with Gasteiger partial charge in [-0.2, -0.15) is 0 Å². The second-order valence-electron chi connectivity index (χ2n) is 5.24. The fourth-order valence-electron chi connectivity index (χ4n) is 2.56. The molecule has 1 aromatic rings. The highest BCUT2D eigenvalue weighted by Crippen LogP contribution is 2.22. The van der Waals surface area contributed by atoms with Gasteiger partial charge in [0.15, 0.2) is 0 Å². The van der Waals surface area contributed by atoms with Gasteiger partial charge in [0.1, 0.15) is 11.6 Å². The molecule has 7 heteroatoms. The van der Waals surface area contributed by atoms with Gasteiger partial charge in [0, 0.05) is 13.1 Å². The highest BCUT2D eigenvalue weighted by Gasteiger charge is 2.38. The molecule has 2 heterocycles. The Morgan fingerprint density at radius 2 is 2.25 bits per heavy atom. The van der Waals surface area contributed by atoms with Crippen LogP contribution in [0.5, 0.6) is 0 Å². The van der Waals surface area contributed by atoms with Crippen molar-refractivity contribution < 1.29 is 14.6 Å². The summed E-state index contributed by atoms with van der Waals surface area (Å²) in [6.07, 6.45) is 0.958. The van der Waals surface area contributed by atoms with Gasteiger partial charge in [-0.05, 0) is 19.9 Å². The maximum atomic E-state index is 11.3. The van der Waals surface area contributed by atoms with Crippen LogP contribution in [0.2, 0.25) is 0 Å². The second kappa shape index (κ2) is 6.32. The van der Waals surface area contributed by atoms with Gasteiger partial charge in [0.05, 0.1) is 25.7 Å². The van der Waals surface area contributed by atoms with Crippen molar-refractivity contribution in [3.05, 3.63) is 11.6 Å². The molecular formula is C13H22N4O3. The minimum atomic E-state index is -0.789. The lowest BCUT2D eigenvalue weighted by atomic mass is 10.0. The average Bonchev–Trinajstić information content (AvgIpc) is 3.00. The van der Waals surface area contributed by atoms with Gasteiger partial charge in [0.25, 0.3) is 0 Å². The summed E-state index contributed by atoms with van der Waals surface area (Å²) in [6.45, 7) is 6.17. The van der Waals surface area contributed by atoms with E-state index in [1.165, 1.54) is 0 Å². The first-order valence-corrected chi connectivity index (χ1v) is 6.94. The normalized spacial score (nSPS) is 22.6. The molecule has 0 saturated carbocycles. The first kappa shape index (κ1) is 14.9. The molecule has 1 N–H and O–H groups in total. The van der Waals surface area contributed by atoms with Crippen molar-refractivity contribution in [2.45, 2.75) is 32.9 Å². The zero-order valence-electron chi connectivity index (χ0n) is 12.2. The van der Waals surface area contributed by atoms with Gasteiger partial charge in [-0.25, -0.2) is 0 Å². The summed E-state index contributed by atoms with van der Waals surface area (Å²) in [5.41, 5.74) is 0. The van der Waals surface area contributed by atoms with Crippen LogP contribution in [0.25, 0.3) is 0 Å². The monoisotopic (exact) mass is 282 g/mol. The van der Waals surface area contributed by atoms with Crippen molar-refractivity contribution in [3.8, 4) is 0 Å². The Hall–Kier alpha value is -1.47. The van der Waals surface area contributed by atoms with Crippen LogP contribution in [0.1, 0.15) is 25.0 Å². The summed E-state index contributed by atoms with van der Waals surface area (Å²) in [5, 5.41) is 17.5. The number of carbonyl (C=O) groups is 1. The Morgan fingerprint density at radius 1 is 1.50 bits per heavy atom. The summed E-state index contributed by atoms with van der Waals surface area (Å²) in [6, 6.07) is -0.0931. The van der Waals surface area contributed by atoms with Crippen LogP contribution in [0, 0.1) is 12.8 Å². The zero-order chi connectivity index (χ0) is 14.7. The van der Waals surface area contributed by atoms with E-state index in [9.17, 15) is 9.90 Å². The topological polar surface area (TPSA) is 80.5 Å². The first-order valence-electron chi connectivity index (χ1n) is 6.94. The number of aryl methyl sites for hydroxylation is 1. The molecule has 2 unspecified atom stereocenters.